The van der Waals surface area contributed by atoms with Crippen LogP contribution in [-0.2, 0) is 16.0 Å². The predicted octanol–water partition coefficient (Wildman–Crippen LogP) is 2.75. The molecule has 0 saturated carbocycles. The minimum Gasteiger partial charge on any atom is -0.385 e. The quantitative estimate of drug-likeness (QED) is 0.403. The summed E-state index contributed by atoms with van der Waals surface area (Å²) in [6.45, 7) is 3.06. The third-order valence-electron chi connectivity index (χ3n) is 6.26. The Morgan fingerprint density at radius 3 is 2.75 bits per heavy atom. The SMILES string of the molecule is COCCCNC(=O)[C@@H]1Cc2cc([N+](=O)[O-])ccc2N2CCN(c3ccc(F)cc3)C[C@H]12. The maximum atomic E-state index is 13.4. The van der Waals surface area contributed by atoms with Gasteiger partial charge in [-0.1, -0.05) is 0 Å². The van der Waals surface area contributed by atoms with E-state index in [1.54, 1.807) is 31.4 Å². The van der Waals surface area contributed by atoms with E-state index in [0.717, 1.165) is 16.9 Å². The van der Waals surface area contributed by atoms with Gasteiger partial charge in [-0.15, -0.1) is 0 Å². The molecule has 32 heavy (non-hydrogen) atoms. The Hall–Kier alpha value is -3.20. The van der Waals surface area contributed by atoms with Gasteiger partial charge in [0.15, 0.2) is 0 Å². The molecule has 0 unspecified atom stereocenters. The van der Waals surface area contributed by atoms with Gasteiger partial charge < -0.3 is 19.9 Å². The molecule has 2 aromatic carbocycles. The fourth-order valence-electron chi connectivity index (χ4n) is 4.67. The number of hydrogen-bond donors (Lipinski definition) is 1. The van der Waals surface area contributed by atoms with E-state index in [4.69, 9.17) is 4.74 Å². The van der Waals surface area contributed by atoms with Gasteiger partial charge >= 0.3 is 0 Å². The summed E-state index contributed by atoms with van der Waals surface area (Å²) in [5, 5.41) is 14.3. The fraction of sp³-hybridized carbons (Fsp3) is 0.435. The van der Waals surface area contributed by atoms with Gasteiger partial charge in [0, 0.05) is 63.4 Å². The summed E-state index contributed by atoms with van der Waals surface area (Å²) in [5.41, 5.74) is 2.72. The number of ether oxygens (including phenoxy) is 1. The molecule has 2 aliphatic heterocycles. The van der Waals surface area contributed by atoms with Gasteiger partial charge in [-0.3, -0.25) is 14.9 Å². The summed E-state index contributed by atoms with van der Waals surface area (Å²) in [4.78, 5) is 28.4. The van der Waals surface area contributed by atoms with Gasteiger partial charge in [0.2, 0.25) is 5.91 Å². The first-order valence-electron chi connectivity index (χ1n) is 10.8. The largest absolute Gasteiger partial charge is 0.385 e. The van der Waals surface area contributed by atoms with E-state index in [9.17, 15) is 19.3 Å². The monoisotopic (exact) mass is 442 g/mol. The van der Waals surface area contributed by atoms with Crippen LogP contribution in [0.5, 0.6) is 0 Å². The molecule has 0 radical (unpaired) electrons. The second kappa shape index (κ2) is 9.52. The Labute approximate surface area is 186 Å². The highest BCUT2D eigenvalue weighted by Crippen LogP contribution is 2.38. The lowest BCUT2D eigenvalue weighted by Crippen LogP contribution is -2.61. The number of amides is 1. The Morgan fingerprint density at radius 1 is 1.25 bits per heavy atom. The summed E-state index contributed by atoms with van der Waals surface area (Å²) < 4.78 is 18.4. The average Bonchev–Trinajstić information content (AvgIpc) is 2.80. The summed E-state index contributed by atoms with van der Waals surface area (Å²) in [5.74, 6) is -0.696. The maximum Gasteiger partial charge on any atom is 0.269 e. The lowest BCUT2D eigenvalue weighted by molar-refractivity contribution is -0.384. The first kappa shape index (κ1) is 22.0. The van der Waals surface area contributed by atoms with Gasteiger partial charge in [-0.2, -0.15) is 0 Å². The molecule has 1 amide bonds. The minimum atomic E-state index is -0.404. The number of rotatable bonds is 7. The second-order valence-electron chi connectivity index (χ2n) is 8.20. The van der Waals surface area contributed by atoms with Crippen LogP contribution in [0.2, 0.25) is 0 Å². The van der Waals surface area contributed by atoms with E-state index < -0.39 is 4.92 Å². The highest BCUT2D eigenvalue weighted by atomic mass is 19.1. The molecule has 2 aromatic rings. The Kier molecular flexibility index (Phi) is 6.55. The molecule has 1 saturated heterocycles. The standard InChI is InChI=1S/C23H27FN4O4/c1-32-12-2-9-25-23(29)20-14-16-13-19(28(30)31)7-8-21(16)27-11-10-26(15-22(20)27)18-5-3-17(24)4-6-18/h3-8,13,20,22H,2,9-12,14-15H2,1H3,(H,25,29)/t20-,22-/m1/s1. The number of nitrogens with zero attached hydrogens (tertiary/aromatic N) is 3. The van der Waals surface area contributed by atoms with Crippen molar-refractivity contribution >= 4 is 23.0 Å². The molecule has 8 nitrogen and oxygen atoms in total. The van der Waals surface area contributed by atoms with Gasteiger partial charge in [-0.05, 0) is 48.7 Å². The molecule has 2 aliphatic rings. The lowest BCUT2D eigenvalue weighted by Gasteiger charge is -2.49. The number of halogens is 1. The van der Waals surface area contributed by atoms with Crippen LogP contribution < -0.4 is 15.1 Å². The molecule has 170 valence electrons. The van der Waals surface area contributed by atoms with Crippen molar-refractivity contribution < 1.29 is 18.8 Å². The number of nitro groups is 1. The Balaban J connectivity index is 1.60. The zero-order chi connectivity index (χ0) is 22.7. The number of hydrogen-bond acceptors (Lipinski definition) is 6. The van der Waals surface area contributed by atoms with Crippen molar-refractivity contribution in [2.75, 3.05) is 49.7 Å². The van der Waals surface area contributed by atoms with Crippen LogP contribution in [0, 0.1) is 21.8 Å². The Bertz CT molecular complexity index is 984. The van der Waals surface area contributed by atoms with Gasteiger partial charge in [0.05, 0.1) is 16.9 Å². The molecule has 1 N–H and O–H groups in total. The van der Waals surface area contributed by atoms with Crippen LogP contribution in [0.25, 0.3) is 0 Å². The number of fused-ring (bicyclic) bond motifs is 3. The normalized spacial score (nSPS) is 19.8. The van der Waals surface area contributed by atoms with Crippen molar-refractivity contribution in [3.63, 3.8) is 0 Å². The highest BCUT2D eigenvalue weighted by molar-refractivity contribution is 5.82. The number of nitro benzene ring substituents is 1. The maximum absolute atomic E-state index is 13.4. The van der Waals surface area contributed by atoms with E-state index in [-0.39, 0.29) is 29.4 Å². The predicted molar refractivity (Wildman–Crippen MR) is 120 cm³/mol. The van der Waals surface area contributed by atoms with Crippen LogP contribution in [0.1, 0.15) is 12.0 Å². The van der Waals surface area contributed by atoms with Gasteiger partial charge in [0.1, 0.15) is 5.82 Å². The first-order chi connectivity index (χ1) is 15.5. The lowest BCUT2D eigenvalue weighted by atomic mass is 9.83. The van der Waals surface area contributed by atoms with Gasteiger partial charge in [-0.25, -0.2) is 4.39 Å². The molecule has 0 spiro atoms. The smallest absolute Gasteiger partial charge is 0.269 e. The van der Waals surface area contributed by atoms with Crippen LogP contribution in [0.4, 0.5) is 21.5 Å². The number of methoxy groups -OCH3 is 1. The Morgan fingerprint density at radius 2 is 2.03 bits per heavy atom. The topological polar surface area (TPSA) is 87.9 Å². The van der Waals surface area contributed by atoms with Crippen LogP contribution >= 0.6 is 0 Å². The highest BCUT2D eigenvalue weighted by Gasteiger charge is 2.42. The van der Waals surface area contributed by atoms with Crippen molar-refractivity contribution in [1.29, 1.82) is 0 Å². The molecular weight excluding hydrogens is 415 g/mol. The number of carbonyl (C=O) groups is 1. The average molecular weight is 442 g/mol. The van der Waals surface area contributed by atoms with E-state index in [1.165, 1.54) is 18.2 Å². The van der Waals surface area contributed by atoms with Gasteiger partial charge in [0.25, 0.3) is 5.69 Å². The van der Waals surface area contributed by atoms with E-state index in [1.807, 2.05) is 0 Å². The van der Waals surface area contributed by atoms with Crippen LogP contribution in [-0.4, -0.2) is 56.8 Å². The summed E-state index contributed by atoms with van der Waals surface area (Å²) in [6, 6.07) is 11.2. The molecule has 2 heterocycles. The van der Waals surface area contributed by atoms with Crippen molar-refractivity contribution in [1.82, 2.24) is 5.32 Å². The molecule has 9 heteroatoms. The number of non-ortho nitro benzene ring substituents is 1. The van der Waals surface area contributed by atoms with Crippen molar-refractivity contribution in [3.8, 4) is 0 Å². The zero-order valence-electron chi connectivity index (χ0n) is 18.0. The number of benzene rings is 2. The third-order valence-corrected chi connectivity index (χ3v) is 6.26. The molecule has 0 aromatic heterocycles. The summed E-state index contributed by atoms with van der Waals surface area (Å²) >= 11 is 0. The molecule has 1 fully saturated rings. The molecule has 4 rings (SSSR count). The van der Waals surface area contributed by atoms with E-state index >= 15 is 0 Å². The number of carbonyl (C=O) groups excluding carboxylic acids is 1. The minimum absolute atomic E-state index is 0.0337. The van der Waals surface area contributed by atoms with Crippen molar-refractivity contribution in [2.45, 2.75) is 18.9 Å². The van der Waals surface area contributed by atoms with Crippen molar-refractivity contribution in [2.24, 2.45) is 5.92 Å². The molecule has 0 aliphatic carbocycles. The molecule has 2 atom stereocenters. The summed E-state index contributed by atoms with van der Waals surface area (Å²) in [6.07, 6.45) is 1.15. The first-order valence-corrected chi connectivity index (χ1v) is 10.8. The second-order valence-corrected chi connectivity index (χ2v) is 8.20. The summed E-state index contributed by atoms with van der Waals surface area (Å²) in [7, 11) is 1.62. The third kappa shape index (κ3) is 4.52. The van der Waals surface area contributed by atoms with Crippen LogP contribution in [0.15, 0.2) is 42.5 Å². The number of nitrogens with one attached hydrogen (secondary N) is 1. The zero-order valence-corrected chi connectivity index (χ0v) is 18.0. The van der Waals surface area contributed by atoms with E-state index in [0.29, 0.717) is 45.6 Å². The number of piperazine rings is 1. The van der Waals surface area contributed by atoms with E-state index in [2.05, 4.69) is 15.1 Å². The number of anilines is 2. The van der Waals surface area contributed by atoms with Crippen LogP contribution in [0.3, 0.4) is 0 Å². The molecule has 0 bridgehead atoms. The van der Waals surface area contributed by atoms with Crippen molar-refractivity contribution in [3.05, 3.63) is 64.0 Å². The fourth-order valence-corrected chi connectivity index (χ4v) is 4.67. The molecular formula is C23H27FN4O4.